The number of rotatable bonds is 6. The Labute approximate surface area is 144 Å². The molecule has 0 aliphatic heterocycles. The molecular weight excluding hydrogens is 320 g/mol. The molecule has 0 amide bonds. The van der Waals surface area contributed by atoms with Gasteiger partial charge in [-0.15, -0.1) is 11.3 Å². The lowest BCUT2D eigenvalue weighted by Crippen LogP contribution is -2.11. The van der Waals surface area contributed by atoms with Gasteiger partial charge in [-0.05, 0) is 43.7 Å². The molecule has 0 fully saturated rings. The van der Waals surface area contributed by atoms with E-state index in [0.29, 0.717) is 5.95 Å². The number of anilines is 2. The van der Waals surface area contributed by atoms with E-state index in [1.807, 2.05) is 17.4 Å². The molecule has 3 aromatic rings. The first kappa shape index (κ1) is 15.3. The van der Waals surface area contributed by atoms with E-state index < -0.39 is 0 Å². The van der Waals surface area contributed by atoms with Crippen LogP contribution in [0.15, 0.2) is 24.8 Å². The van der Waals surface area contributed by atoms with Gasteiger partial charge in [-0.25, -0.2) is 19.9 Å². The van der Waals surface area contributed by atoms with E-state index in [-0.39, 0.29) is 0 Å². The Bertz CT molecular complexity index is 817. The van der Waals surface area contributed by atoms with E-state index in [1.54, 1.807) is 18.7 Å². The van der Waals surface area contributed by atoms with Crippen molar-refractivity contribution in [2.45, 2.75) is 32.1 Å². The topological polar surface area (TPSA) is 75.6 Å². The van der Waals surface area contributed by atoms with Gasteiger partial charge in [0.05, 0.1) is 5.39 Å². The highest BCUT2D eigenvalue weighted by Gasteiger charge is 2.19. The van der Waals surface area contributed by atoms with Crippen molar-refractivity contribution in [3.8, 4) is 0 Å². The minimum Gasteiger partial charge on any atom is -0.369 e. The lowest BCUT2D eigenvalue weighted by atomic mass is 9.97. The summed E-state index contributed by atoms with van der Waals surface area (Å²) < 4.78 is 0. The zero-order valence-corrected chi connectivity index (χ0v) is 14.3. The van der Waals surface area contributed by atoms with Crippen LogP contribution in [-0.4, -0.2) is 33.0 Å². The molecule has 0 unspecified atom stereocenters. The van der Waals surface area contributed by atoms with E-state index in [2.05, 4.69) is 30.6 Å². The van der Waals surface area contributed by atoms with Crippen molar-refractivity contribution < 1.29 is 0 Å². The summed E-state index contributed by atoms with van der Waals surface area (Å²) in [5.41, 5.74) is 1.47. The van der Waals surface area contributed by atoms with Crippen molar-refractivity contribution in [1.29, 1.82) is 0 Å². The lowest BCUT2D eigenvalue weighted by molar-refractivity contribution is 0.700. The fourth-order valence-electron chi connectivity index (χ4n) is 3.11. The predicted molar refractivity (Wildman–Crippen MR) is 97.7 cm³/mol. The van der Waals surface area contributed by atoms with Crippen LogP contribution in [0.25, 0.3) is 10.2 Å². The number of fused-ring (bicyclic) bond motifs is 3. The van der Waals surface area contributed by atoms with Crippen molar-refractivity contribution >= 4 is 33.3 Å². The zero-order valence-electron chi connectivity index (χ0n) is 13.5. The smallest absolute Gasteiger partial charge is 0.222 e. The molecule has 0 saturated carbocycles. The van der Waals surface area contributed by atoms with Crippen molar-refractivity contribution in [2.24, 2.45) is 0 Å². The van der Waals surface area contributed by atoms with Gasteiger partial charge in [0.2, 0.25) is 5.95 Å². The van der Waals surface area contributed by atoms with Gasteiger partial charge in [-0.2, -0.15) is 0 Å². The second-order valence-corrected chi connectivity index (χ2v) is 6.98. The third-order valence-corrected chi connectivity index (χ3v) is 5.45. The Morgan fingerprint density at radius 3 is 2.71 bits per heavy atom. The normalized spacial score (nSPS) is 13.7. The van der Waals surface area contributed by atoms with E-state index in [4.69, 9.17) is 0 Å². The highest BCUT2D eigenvalue weighted by atomic mass is 32.1. The van der Waals surface area contributed by atoms with Crippen LogP contribution in [0.2, 0.25) is 0 Å². The molecule has 7 heteroatoms. The Balaban J connectivity index is 1.39. The van der Waals surface area contributed by atoms with Crippen molar-refractivity contribution in [1.82, 2.24) is 19.9 Å². The van der Waals surface area contributed by atoms with E-state index >= 15 is 0 Å². The van der Waals surface area contributed by atoms with Crippen LogP contribution >= 0.6 is 11.3 Å². The molecule has 24 heavy (non-hydrogen) atoms. The molecule has 0 radical (unpaired) electrons. The van der Waals surface area contributed by atoms with Gasteiger partial charge in [-0.1, -0.05) is 0 Å². The lowest BCUT2D eigenvalue weighted by Gasteiger charge is -2.12. The van der Waals surface area contributed by atoms with Gasteiger partial charge in [0.25, 0.3) is 0 Å². The van der Waals surface area contributed by atoms with Gasteiger partial charge >= 0.3 is 0 Å². The van der Waals surface area contributed by atoms with Crippen LogP contribution in [0.3, 0.4) is 0 Å². The summed E-state index contributed by atoms with van der Waals surface area (Å²) in [6, 6.07) is 1.81. The molecule has 0 bridgehead atoms. The largest absolute Gasteiger partial charge is 0.369 e. The fraction of sp³-hybridized carbons (Fsp3) is 0.412. The first-order valence-electron chi connectivity index (χ1n) is 8.42. The summed E-state index contributed by atoms with van der Waals surface area (Å²) in [5.74, 6) is 1.66. The molecule has 1 aliphatic rings. The Kier molecular flexibility index (Phi) is 4.51. The van der Waals surface area contributed by atoms with E-state index in [1.165, 1.54) is 35.1 Å². The van der Waals surface area contributed by atoms with E-state index in [9.17, 15) is 0 Å². The first-order chi connectivity index (χ1) is 11.9. The van der Waals surface area contributed by atoms with Gasteiger partial charge in [0.1, 0.15) is 17.0 Å². The van der Waals surface area contributed by atoms with Crippen molar-refractivity contribution in [2.75, 3.05) is 23.7 Å². The SMILES string of the molecule is c1cnc(NCCCNc2ncnc3sc4c(c23)CCCC4)nc1. The van der Waals surface area contributed by atoms with Crippen LogP contribution in [-0.2, 0) is 12.8 Å². The molecular formula is C17H20N6S. The van der Waals surface area contributed by atoms with Crippen LogP contribution in [0.1, 0.15) is 29.7 Å². The molecule has 3 heterocycles. The number of aromatic nitrogens is 4. The Hall–Kier alpha value is -2.28. The predicted octanol–water partition coefficient (Wildman–Crippen LogP) is 3.27. The number of aryl methyl sites for hydroxylation is 2. The Morgan fingerprint density at radius 2 is 1.79 bits per heavy atom. The minimum atomic E-state index is 0.675. The Morgan fingerprint density at radius 1 is 0.958 bits per heavy atom. The number of nitrogens with zero attached hydrogens (tertiary/aromatic N) is 4. The second kappa shape index (κ2) is 7.09. The summed E-state index contributed by atoms with van der Waals surface area (Å²) in [4.78, 5) is 19.9. The first-order valence-corrected chi connectivity index (χ1v) is 9.23. The quantitative estimate of drug-likeness (QED) is 0.671. The molecule has 0 saturated heterocycles. The average molecular weight is 340 g/mol. The standard InChI is InChI=1S/C17H20N6S/c1-2-6-13-12(5-1)14-15(22-11-23-16(14)24-13)18-7-3-8-19-17-20-9-4-10-21-17/h4,9-11H,1-3,5-8H2,(H,18,22,23)(H,19,20,21). The molecule has 1 aliphatic carbocycles. The van der Waals surface area contributed by atoms with Gasteiger partial charge < -0.3 is 10.6 Å². The monoisotopic (exact) mass is 340 g/mol. The van der Waals surface area contributed by atoms with Gasteiger partial charge in [0.15, 0.2) is 0 Å². The second-order valence-electron chi connectivity index (χ2n) is 5.89. The van der Waals surface area contributed by atoms with Crippen LogP contribution in [0, 0.1) is 0 Å². The highest BCUT2D eigenvalue weighted by Crippen LogP contribution is 2.37. The van der Waals surface area contributed by atoms with E-state index in [0.717, 1.165) is 36.6 Å². The van der Waals surface area contributed by atoms with Gasteiger partial charge in [0, 0.05) is 30.4 Å². The van der Waals surface area contributed by atoms with Crippen LogP contribution in [0.5, 0.6) is 0 Å². The molecule has 3 aromatic heterocycles. The molecule has 0 aromatic carbocycles. The summed E-state index contributed by atoms with van der Waals surface area (Å²) in [5, 5.41) is 7.95. The van der Waals surface area contributed by atoms with Gasteiger partial charge in [-0.3, -0.25) is 0 Å². The molecule has 0 spiro atoms. The maximum Gasteiger partial charge on any atom is 0.222 e. The summed E-state index contributed by atoms with van der Waals surface area (Å²) in [6.45, 7) is 1.68. The summed E-state index contributed by atoms with van der Waals surface area (Å²) >= 11 is 1.83. The highest BCUT2D eigenvalue weighted by molar-refractivity contribution is 7.19. The third kappa shape index (κ3) is 3.17. The number of hydrogen-bond donors (Lipinski definition) is 2. The maximum atomic E-state index is 4.48. The maximum absolute atomic E-state index is 4.48. The summed E-state index contributed by atoms with van der Waals surface area (Å²) in [7, 11) is 0. The zero-order chi connectivity index (χ0) is 16.2. The number of nitrogens with one attached hydrogen (secondary N) is 2. The molecule has 2 N–H and O–H groups in total. The fourth-order valence-corrected chi connectivity index (χ4v) is 4.34. The molecule has 124 valence electrons. The van der Waals surface area contributed by atoms with Crippen molar-refractivity contribution in [3.05, 3.63) is 35.2 Å². The molecule has 0 atom stereocenters. The van der Waals surface area contributed by atoms with Crippen molar-refractivity contribution in [3.63, 3.8) is 0 Å². The molecule has 4 rings (SSSR count). The number of hydrogen-bond acceptors (Lipinski definition) is 7. The molecule has 6 nitrogen and oxygen atoms in total. The van der Waals surface area contributed by atoms with Crippen LogP contribution < -0.4 is 10.6 Å². The number of thiophene rings is 1. The summed E-state index contributed by atoms with van der Waals surface area (Å²) in [6.07, 6.45) is 11.0. The third-order valence-electron chi connectivity index (χ3n) is 4.25. The average Bonchev–Trinajstić information content (AvgIpc) is 3.02. The van der Waals surface area contributed by atoms with Crippen LogP contribution in [0.4, 0.5) is 11.8 Å². The minimum absolute atomic E-state index is 0.675.